The minimum absolute atomic E-state index is 0.875. The van der Waals surface area contributed by atoms with Crippen LogP contribution >= 0.6 is 15.9 Å². The molecule has 0 atom stereocenters. The molecule has 1 saturated heterocycles. The lowest BCUT2D eigenvalue weighted by atomic mass is 10.1. The number of hydrogen-bond donors (Lipinski definition) is 0. The molecule has 0 amide bonds. The summed E-state index contributed by atoms with van der Waals surface area (Å²) in [7, 11) is 0. The standard InChI is InChI=1S/C13H14BrN3/c14-11-4-5-12-10(8-11)9-15-13(16-12)17-6-2-1-3-7-17/h4-5,8-9H,1-3,6-7H2. The highest BCUT2D eigenvalue weighted by atomic mass is 79.9. The minimum atomic E-state index is 0.875. The maximum atomic E-state index is 4.63. The Morgan fingerprint density at radius 3 is 2.76 bits per heavy atom. The van der Waals surface area contributed by atoms with Crippen molar-refractivity contribution in [2.45, 2.75) is 19.3 Å². The van der Waals surface area contributed by atoms with Crippen molar-refractivity contribution >= 4 is 32.8 Å². The lowest BCUT2D eigenvalue weighted by molar-refractivity contribution is 0.569. The number of hydrogen-bond acceptors (Lipinski definition) is 3. The normalized spacial score (nSPS) is 16.4. The summed E-state index contributed by atoms with van der Waals surface area (Å²) in [5.41, 5.74) is 1.02. The summed E-state index contributed by atoms with van der Waals surface area (Å²) >= 11 is 3.46. The minimum Gasteiger partial charge on any atom is -0.341 e. The van der Waals surface area contributed by atoms with Gasteiger partial charge in [0.05, 0.1) is 5.52 Å². The van der Waals surface area contributed by atoms with E-state index in [0.717, 1.165) is 34.4 Å². The summed E-state index contributed by atoms with van der Waals surface area (Å²) in [5.74, 6) is 0.875. The third-order valence-electron chi connectivity index (χ3n) is 3.17. The van der Waals surface area contributed by atoms with Crippen molar-refractivity contribution in [1.82, 2.24) is 9.97 Å². The second-order valence-corrected chi connectivity index (χ2v) is 5.34. The SMILES string of the molecule is Brc1ccc2nc(N3CCCCC3)ncc2c1. The summed E-state index contributed by atoms with van der Waals surface area (Å²) in [5, 5.41) is 1.08. The first-order valence-corrected chi connectivity index (χ1v) is 6.79. The van der Waals surface area contributed by atoms with Gasteiger partial charge in [-0.2, -0.15) is 0 Å². The maximum Gasteiger partial charge on any atom is 0.225 e. The van der Waals surface area contributed by atoms with Gasteiger partial charge in [0.2, 0.25) is 5.95 Å². The maximum absolute atomic E-state index is 4.63. The highest BCUT2D eigenvalue weighted by Gasteiger charge is 2.13. The second kappa shape index (κ2) is 4.61. The van der Waals surface area contributed by atoms with Crippen LogP contribution in [0.4, 0.5) is 5.95 Å². The predicted molar refractivity (Wildman–Crippen MR) is 73.3 cm³/mol. The molecule has 0 spiro atoms. The molecule has 1 aliphatic rings. The molecule has 0 saturated carbocycles. The third kappa shape index (κ3) is 2.27. The lowest BCUT2D eigenvalue weighted by Gasteiger charge is -2.26. The Morgan fingerprint density at radius 1 is 1.12 bits per heavy atom. The molecule has 1 fully saturated rings. The molecule has 1 aromatic carbocycles. The molecule has 0 N–H and O–H groups in total. The molecule has 2 aromatic rings. The molecule has 3 nitrogen and oxygen atoms in total. The van der Waals surface area contributed by atoms with Gasteiger partial charge in [-0.3, -0.25) is 0 Å². The molecular weight excluding hydrogens is 278 g/mol. The van der Waals surface area contributed by atoms with Gasteiger partial charge in [-0.1, -0.05) is 15.9 Å². The lowest BCUT2D eigenvalue weighted by Crippen LogP contribution is -2.30. The summed E-state index contributed by atoms with van der Waals surface area (Å²) in [6.07, 6.45) is 5.75. The Hall–Kier alpha value is -1.16. The van der Waals surface area contributed by atoms with E-state index in [2.05, 4.69) is 36.9 Å². The molecule has 2 heterocycles. The molecular formula is C13H14BrN3. The van der Waals surface area contributed by atoms with Crippen LogP contribution in [0.2, 0.25) is 0 Å². The molecule has 0 radical (unpaired) electrons. The van der Waals surface area contributed by atoms with Crippen LogP contribution in [0.25, 0.3) is 10.9 Å². The number of anilines is 1. The first kappa shape index (κ1) is 11.0. The Balaban J connectivity index is 1.98. The first-order valence-electron chi connectivity index (χ1n) is 6.00. The fourth-order valence-electron chi connectivity index (χ4n) is 2.24. The Bertz CT molecular complexity index is 535. The summed E-state index contributed by atoms with van der Waals surface area (Å²) in [6, 6.07) is 6.11. The highest BCUT2D eigenvalue weighted by Crippen LogP contribution is 2.21. The Labute approximate surface area is 109 Å². The van der Waals surface area contributed by atoms with Crippen molar-refractivity contribution in [1.29, 1.82) is 0 Å². The number of nitrogens with zero attached hydrogens (tertiary/aromatic N) is 3. The quantitative estimate of drug-likeness (QED) is 0.807. The van der Waals surface area contributed by atoms with E-state index in [0.29, 0.717) is 0 Å². The van der Waals surface area contributed by atoms with E-state index in [-0.39, 0.29) is 0 Å². The second-order valence-electron chi connectivity index (χ2n) is 4.42. The van der Waals surface area contributed by atoms with E-state index >= 15 is 0 Å². The van der Waals surface area contributed by atoms with Crippen molar-refractivity contribution in [2.75, 3.05) is 18.0 Å². The smallest absolute Gasteiger partial charge is 0.225 e. The van der Waals surface area contributed by atoms with Crippen molar-refractivity contribution in [3.05, 3.63) is 28.9 Å². The Morgan fingerprint density at radius 2 is 1.94 bits per heavy atom. The van der Waals surface area contributed by atoms with Crippen LogP contribution in [0.15, 0.2) is 28.9 Å². The van der Waals surface area contributed by atoms with Gasteiger partial charge in [-0.25, -0.2) is 9.97 Å². The van der Waals surface area contributed by atoms with E-state index in [1.165, 1.54) is 19.3 Å². The van der Waals surface area contributed by atoms with Crippen LogP contribution in [0.1, 0.15) is 19.3 Å². The van der Waals surface area contributed by atoms with Crippen molar-refractivity contribution in [3.63, 3.8) is 0 Å². The van der Waals surface area contributed by atoms with Crippen LogP contribution in [0.3, 0.4) is 0 Å². The number of aromatic nitrogens is 2. The number of halogens is 1. The van der Waals surface area contributed by atoms with Crippen molar-refractivity contribution in [3.8, 4) is 0 Å². The van der Waals surface area contributed by atoms with E-state index < -0.39 is 0 Å². The van der Waals surface area contributed by atoms with Gasteiger partial charge in [0.1, 0.15) is 0 Å². The van der Waals surface area contributed by atoms with Gasteiger partial charge in [-0.15, -0.1) is 0 Å². The van der Waals surface area contributed by atoms with Crippen LogP contribution in [-0.4, -0.2) is 23.1 Å². The molecule has 1 aromatic heterocycles. The molecule has 4 heteroatoms. The molecule has 0 aliphatic carbocycles. The Kier molecular flexibility index (Phi) is 2.97. The predicted octanol–water partition coefficient (Wildman–Crippen LogP) is 3.38. The van der Waals surface area contributed by atoms with Gasteiger partial charge in [0.25, 0.3) is 0 Å². The van der Waals surface area contributed by atoms with Crippen LogP contribution in [-0.2, 0) is 0 Å². The van der Waals surface area contributed by atoms with Gasteiger partial charge in [-0.05, 0) is 37.5 Å². The zero-order valence-electron chi connectivity index (χ0n) is 9.56. The number of piperidine rings is 1. The van der Waals surface area contributed by atoms with Crippen molar-refractivity contribution in [2.24, 2.45) is 0 Å². The molecule has 0 unspecified atom stereocenters. The summed E-state index contributed by atoms with van der Waals surface area (Å²) in [6.45, 7) is 2.17. The summed E-state index contributed by atoms with van der Waals surface area (Å²) < 4.78 is 1.07. The fourth-order valence-corrected chi connectivity index (χ4v) is 2.62. The zero-order valence-corrected chi connectivity index (χ0v) is 11.2. The average molecular weight is 292 g/mol. The number of fused-ring (bicyclic) bond motifs is 1. The van der Waals surface area contributed by atoms with E-state index in [9.17, 15) is 0 Å². The largest absolute Gasteiger partial charge is 0.341 e. The topological polar surface area (TPSA) is 29.0 Å². The highest BCUT2D eigenvalue weighted by molar-refractivity contribution is 9.10. The van der Waals surface area contributed by atoms with Gasteiger partial charge < -0.3 is 4.90 Å². The average Bonchev–Trinajstić information content (AvgIpc) is 2.39. The first-order chi connectivity index (χ1) is 8.33. The molecule has 17 heavy (non-hydrogen) atoms. The van der Waals surface area contributed by atoms with Gasteiger partial charge in [0, 0.05) is 29.1 Å². The number of benzene rings is 1. The van der Waals surface area contributed by atoms with Crippen molar-refractivity contribution < 1.29 is 0 Å². The van der Waals surface area contributed by atoms with E-state index in [1.54, 1.807) is 0 Å². The zero-order chi connectivity index (χ0) is 11.7. The molecule has 0 bridgehead atoms. The molecule has 88 valence electrons. The monoisotopic (exact) mass is 291 g/mol. The molecule has 1 aliphatic heterocycles. The fraction of sp³-hybridized carbons (Fsp3) is 0.385. The third-order valence-corrected chi connectivity index (χ3v) is 3.66. The van der Waals surface area contributed by atoms with Gasteiger partial charge in [0.15, 0.2) is 0 Å². The van der Waals surface area contributed by atoms with E-state index in [1.807, 2.05) is 18.3 Å². The van der Waals surface area contributed by atoms with E-state index in [4.69, 9.17) is 0 Å². The van der Waals surface area contributed by atoms with Crippen LogP contribution < -0.4 is 4.90 Å². The number of rotatable bonds is 1. The van der Waals surface area contributed by atoms with Gasteiger partial charge >= 0.3 is 0 Å². The summed E-state index contributed by atoms with van der Waals surface area (Å²) in [4.78, 5) is 11.4. The molecule has 3 rings (SSSR count). The van der Waals surface area contributed by atoms with Crippen LogP contribution in [0.5, 0.6) is 0 Å². The van der Waals surface area contributed by atoms with Crippen LogP contribution in [0, 0.1) is 0 Å².